The molecule has 21 heavy (non-hydrogen) atoms. The van der Waals surface area contributed by atoms with E-state index in [0.29, 0.717) is 10.9 Å². The van der Waals surface area contributed by atoms with Gasteiger partial charge in [0.1, 0.15) is 5.82 Å². The summed E-state index contributed by atoms with van der Waals surface area (Å²) in [6.45, 7) is 4.94. The van der Waals surface area contributed by atoms with Crippen molar-refractivity contribution in [3.63, 3.8) is 0 Å². The average Bonchev–Trinajstić information content (AvgIpc) is 2.98. The van der Waals surface area contributed by atoms with Gasteiger partial charge in [-0.3, -0.25) is 4.79 Å². The van der Waals surface area contributed by atoms with Crippen LogP contribution in [0.4, 0.5) is 0 Å². The lowest BCUT2D eigenvalue weighted by molar-refractivity contribution is -0.142. The van der Waals surface area contributed by atoms with E-state index in [-0.39, 0.29) is 11.8 Å². The molecular formula is C16H19ClN2O2. The number of hydrogen-bond acceptors (Lipinski definition) is 2. The maximum Gasteiger partial charge on any atom is 0.307 e. The van der Waals surface area contributed by atoms with Gasteiger partial charge in [0.05, 0.1) is 17.0 Å². The molecule has 1 N–H and O–H groups in total. The Bertz CT molecular complexity index is 695. The number of rotatable bonds is 3. The number of fused-ring (bicyclic) bond motifs is 1. The van der Waals surface area contributed by atoms with E-state index >= 15 is 0 Å². The van der Waals surface area contributed by atoms with E-state index in [1.807, 2.05) is 18.2 Å². The summed E-state index contributed by atoms with van der Waals surface area (Å²) < 4.78 is 2.11. The fourth-order valence-corrected chi connectivity index (χ4v) is 3.75. The van der Waals surface area contributed by atoms with E-state index in [1.54, 1.807) is 0 Å². The molecule has 2 aromatic rings. The van der Waals surface area contributed by atoms with E-state index in [4.69, 9.17) is 16.6 Å². The molecule has 1 aromatic carbocycles. The molecule has 0 spiro atoms. The van der Waals surface area contributed by atoms with Crippen molar-refractivity contribution in [2.24, 2.45) is 11.8 Å². The number of benzene rings is 1. The van der Waals surface area contributed by atoms with Gasteiger partial charge in [0, 0.05) is 17.5 Å². The molecule has 3 rings (SSSR count). The van der Waals surface area contributed by atoms with Crippen molar-refractivity contribution >= 4 is 28.6 Å². The standard InChI is InChI=1S/C16H19ClN2O2/c1-3-19-14-8-10(17)4-5-13(14)18-15(19)11-6-9(2)7-12(11)16(20)21/h4-5,8-9,11-12H,3,6-7H2,1-2H3,(H,20,21). The van der Waals surface area contributed by atoms with E-state index in [9.17, 15) is 9.90 Å². The molecule has 0 radical (unpaired) electrons. The van der Waals surface area contributed by atoms with Crippen molar-refractivity contribution in [1.82, 2.24) is 9.55 Å². The first-order valence-electron chi connectivity index (χ1n) is 7.39. The molecule has 0 amide bonds. The highest BCUT2D eigenvalue weighted by Crippen LogP contribution is 2.43. The molecule has 3 unspecified atom stereocenters. The van der Waals surface area contributed by atoms with Crippen molar-refractivity contribution in [3.8, 4) is 0 Å². The monoisotopic (exact) mass is 306 g/mol. The maximum atomic E-state index is 11.5. The summed E-state index contributed by atoms with van der Waals surface area (Å²) in [4.78, 5) is 16.3. The van der Waals surface area contributed by atoms with Crippen molar-refractivity contribution < 1.29 is 9.90 Å². The predicted molar refractivity (Wildman–Crippen MR) is 82.7 cm³/mol. The highest BCUT2D eigenvalue weighted by Gasteiger charge is 2.40. The van der Waals surface area contributed by atoms with Crippen LogP contribution < -0.4 is 0 Å². The van der Waals surface area contributed by atoms with Crippen molar-refractivity contribution in [2.75, 3.05) is 0 Å². The van der Waals surface area contributed by atoms with Crippen LogP contribution >= 0.6 is 11.6 Å². The van der Waals surface area contributed by atoms with Crippen molar-refractivity contribution in [1.29, 1.82) is 0 Å². The lowest BCUT2D eigenvalue weighted by Crippen LogP contribution is -2.20. The average molecular weight is 307 g/mol. The minimum atomic E-state index is -0.711. The Hall–Kier alpha value is -1.55. The number of aromatic nitrogens is 2. The zero-order chi connectivity index (χ0) is 15.1. The number of aryl methyl sites for hydroxylation is 1. The molecular weight excluding hydrogens is 288 g/mol. The summed E-state index contributed by atoms with van der Waals surface area (Å²) in [7, 11) is 0. The number of imidazole rings is 1. The van der Waals surface area contributed by atoms with E-state index in [2.05, 4.69) is 18.4 Å². The van der Waals surface area contributed by atoms with Gasteiger partial charge in [-0.1, -0.05) is 18.5 Å². The molecule has 0 aliphatic heterocycles. The summed E-state index contributed by atoms with van der Waals surface area (Å²) in [5.41, 5.74) is 1.88. The Morgan fingerprint density at radius 3 is 2.90 bits per heavy atom. The summed E-state index contributed by atoms with van der Waals surface area (Å²) >= 11 is 6.08. The van der Waals surface area contributed by atoms with Crippen LogP contribution in [0.15, 0.2) is 18.2 Å². The van der Waals surface area contributed by atoms with E-state index in [0.717, 1.165) is 36.2 Å². The predicted octanol–water partition coefficient (Wildman–Crippen LogP) is 3.92. The third-order valence-corrected chi connectivity index (χ3v) is 4.74. The summed E-state index contributed by atoms with van der Waals surface area (Å²) in [5, 5.41) is 10.2. The third kappa shape index (κ3) is 2.42. The van der Waals surface area contributed by atoms with Crippen LogP contribution in [0, 0.1) is 11.8 Å². The largest absolute Gasteiger partial charge is 0.481 e. The topological polar surface area (TPSA) is 55.1 Å². The molecule has 1 heterocycles. The second-order valence-electron chi connectivity index (χ2n) is 5.98. The minimum Gasteiger partial charge on any atom is -0.481 e. The Morgan fingerprint density at radius 1 is 1.48 bits per heavy atom. The first-order chi connectivity index (χ1) is 10.0. The summed E-state index contributed by atoms with van der Waals surface area (Å²) in [6.07, 6.45) is 1.61. The number of carboxylic acids is 1. The number of hydrogen-bond donors (Lipinski definition) is 1. The van der Waals surface area contributed by atoms with E-state index < -0.39 is 5.97 Å². The fraction of sp³-hybridized carbons (Fsp3) is 0.500. The lowest BCUT2D eigenvalue weighted by Gasteiger charge is -2.16. The van der Waals surface area contributed by atoms with Crippen LogP contribution in [-0.2, 0) is 11.3 Å². The van der Waals surface area contributed by atoms with Crippen LogP contribution in [0.5, 0.6) is 0 Å². The number of halogens is 1. The first-order valence-corrected chi connectivity index (χ1v) is 7.77. The Labute approximate surface area is 128 Å². The molecule has 0 saturated heterocycles. The van der Waals surface area contributed by atoms with Crippen LogP contribution in [0.2, 0.25) is 5.02 Å². The number of carbonyl (C=O) groups is 1. The van der Waals surface area contributed by atoms with Crippen LogP contribution in [0.3, 0.4) is 0 Å². The van der Waals surface area contributed by atoms with Crippen molar-refractivity contribution in [2.45, 2.75) is 39.2 Å². The van der Waals surface area contributed by atoms with E-state index in [1.165, 1.54) is 0 Å². The second kappa shape index (κ2) is 5.34. The maximum absolute atomic E-state index is 11.5. The molecule has 1 aromatic heterocycles. The van der Waals surface area contributed by atoms with Gasteiger partial charge < -0.3 is 9.67 Å². The van der Waals surface area contributed by atoms with Crippen LogP contribution in [0.1, 0.15) is 38.4 Å². The van der Waals surface area contributed by atoms with Gasteiger partial charge in [-0.2, -0.15) is 0 Å². The Morgan fingerprint density at radius 2 is 2.24 bits per heavy atom. The number of nitrogens with zero attached hydrogens (tertiary/aromatic N) is 2. The quantitative estimate of drug-likeness (QED) is 0.935. The molecule has 0 bridgehead atoms. The van der Waals surface area contributed by atoms with Gasteiger partial charge in [0.15, 0.2) is 0 Å². The molecule has 1 fully saturated rings. The zero-order valence-corrected chi connectivity index (χ0v) is 13.0. The van der Waals surface area contributed by atoms with Crippen LogP contribution in [0.25, 0.3) is 11.0 Å². The lowest BCUT2D eigenvalue weighted by atomic mass is 9.95. The summed E-state index contributed by atoms with van der Waals surface area (Å²) in [6, 6.07) is 5.64. The minimum absolute atomic E-state index is 0.0105. The highest BCUT2D eigenvalue weighted by molar-refractivity contribution is 6.31. The van der Waals surface area contributed by atoms with Gasteiger partial charge in [-0.25, -0.2) is 4.98 Å². The van der Waals surface area contributed by atoms with Gasteiger partial charge >= 0.3 is 5.97 Å². The number of carboxylic acid groups (broad SMARTS) is 1. The second-order valence-corrected chi connectivity index (χ2v) is 6.41. The Balaban J connectivity index is 2.13. The SMILES string of the molecule is CCn1c(C2CC(C)CC2C(=O)O)nc2ccc(Cl)cc21. The molecule has 1 aliphatic carbocycles. The highest BCUT2D eigenvalue weighted by atomic mass is 35.5. The number of aliphatic carboxylic acids is 1. The smallest absolute Gasteiger partial charge is 0.307 e. The molecule has 5 heteroatoms. The fourth-order valence-electron chi connectivity index (χ4n) is 3.58. The molecule has 3 atom stereocenters. The normalized spacial score (nSPS) is 25.6. The molecule has 112 valence electrons. The van der Waals surface area contributed by atoms with Gasteiger partial charge in [0.2, 0.25) is 0 Å². The van der Waals surface area contributed by atoms with Gasteiger partial charge in [-0.05, 0) is 43.9 Å². The molecule has 1 aliphatic rings. The Kier molecular flexibility index (Phi) is 3.66. The molecule has 1 saturated carbocycles. The summed E-state index contributed by atoms with van der Waals surface area (Å²) in [5.74, 6) is 0.259. The van der Waals surface area contributed by atoms with Crippen LogP contribution in [-0.4, -0.2) is 20.6 Å². The first kappa shape index (κ1) is 14.4. The third-order valence-electron chi connectivity index (χ3n) is 4.50. The van der Waals surface area contributed by atoms with Gasteiger partial charge in [-0.15, -0.1) is 0 Å². The molecule has 4 nitrogen and oxygen atoms in total. The van der Waals surface area contributed by atoms with Gasteiger partial charge in [0.25, 0.3) is 0 Å². The zero-order valence-electron chi connectivity index (χ0n) is 12.2. The van der Waals surface area contributed by atoms with Crippen molar-refractivity contribution in [3.05, 3.63) is 29.0 Å².